The van der Waals surface area contributed by atoms with E-state index in [2.05, 4.69) is 29.5 Å². The summed E-state index contributed by atoms with van der Waals surface area (Å²) in [6.07, 6.45) is 2.11. The average molecular weight is 525 g/mol. The topological polar surface area (TPSA) is 117 Å². The highest BCUT2D eigenvalue weighted by Crippen LogP contribution is 2.09. The van der Waals surface area contributed by atoms with Crippen molar-refractivity contribution in [3.8, 4) is 0 Å². The molecule has 0 heterocycles. The number of guanidine groups is 1. The third kappa shape index (κ3) is 10.8. The summed E-state index contributed by atoms with van der Waals surface area (Å²) in [5.41, 5.74) is 0.838. The summed E-state index contributed by atoms with van der Waals surface area (Å²) in [4.78, 5) is 17.8. The van der Waals surface area contributed by atoms with Gasteiger partial charge in [-0.2, -0.15) is 0 Å². The molecule has 10 heteroatoms. The van der Waals surface area contributed by atoms with E-state index in [1.807, 2.05) is 0 Å². The van der Waals surface area contributed by atoms with E-state index in [1.54, 1.807) is 26.2 Å². The van der Waals surface area contributed by atoms with Crippen LogP contribution in [0.2, 0.25) is 0 Å². The van der Waals surface area contributed by atoms with E-state index in [0.29, 0.717) is 18.4 Å². The second-order valence-electron chi connectivity index (χ2n) is 6.96. The van der Waals surface area contributed by atoms with Gasteiger partial charge in [0, 0.05) is 20.6 Å². The van der Waals surface area contributed by atoms with Crippen molar-refractivity contribution in [2.45, 2.75) is 38.1 Å². The molecular weight excluding hydrogens is 493 g/mol. The number of halogens is 1. The molecule has 0 unspecified atom stereocenters. The van der Waals surface area contributed by atoms with Gasteiger partial charge in [0.2, 0.25) is 15.9 Å². The lowest BCUT2D eigenvalue weighted by Crippen LogP contribution is -2.43. The van der Waals surface area contributed by atoms with E-state index in [9.17, 15) is 13.2 Å². The Morgan fingerprint density at radius 2 is 1.79 bits per heavy atom. The van der Waals surface area contributed by atoms with E-state index in [1.165, 1.54) is 17.0 Å². The van der Waals surface area contributed by atoms with Crippen LogP contribution in [0.3, 0.4) is 0 Å². The fourth-order valence-corrected chi connectivity index (χ4v) is 2.68. The third-order valence-electron chi connectivity index (χ3n) is 3.83. The number of carbonyl (C=O) groups excluding carboxylic acids is 1. The number of primary sulfonamides is 1. The monoisotopic (exact) mass is 525 g/mol. The van der Waals surface area contributed by atoms with Crippen LogP contribution in [0.25, 0.3) is 0 Å². The van der Waals surface area contributed by atoms with Crippen LogP contribution >= 0.6 is 24.0 Å². The van der Waals surface area contributed by atoms with Gasteiger partial charge in [0.25, 0.3) is 0 Å². The van der Waals surface area contributed by atoms with Crippen LogP contribution in [0, 0.1) is 5.92 Å². The Bertz CT molecular complexity index is 734. The lowest BCUT2D eigenvalue weighted by atomic mass is 10.1. The molecule has 0 bridgehead atoms. The lowest BCUT2D eigenvalue weighted by Gasteiger charge is -2.15. The molecular formula is C18H32IN5O3S. The molecule has 0 radical (unpaired) electrons. The van der Waals surface area contributed by atoms with Crippen molar-refractivity contribution in [3.05, 3.63) is 29.8 Å². The van der Waals surface area contributed by atoms with Crippen molar-refractivity contribution in [3.63, 3.8) is 0 Å². The summed E-state index contributed by atoms with van der Waals surface area (Å²) in [5, 5.41) is 11.4. The van der Waals surface area contributed by atoms with Crippen molar-refractivity contribution in [2.75, 3.05) is 27.2 Å². The summed E-state index contributed by atoms with van der Waals surface area (Å²) in [5.74, 6) is 1.13. The highest BCUT2D eigenvalue weighted by molar-refractivity contribution is 14.0. The molecule has 0 fully saturated rings. The maximum atomic E-state index is 11.8. The van der Waals surface area contributed by atoms with E-state index in [0.717, 1.165) is 24.9 Å². The highest BCUT2D eigenvalue weighted by atomic mass is 127. The summed E-state index contributed by atoms with van der Waals surface area (Å²) >= 11 is 0. The quantitative estimate of drug-likeness (QED) is 0.196. The van der Waals surface area contributed by atoms with Crippen LogP contribution in [0.5, 0.6) is 0 Å². The van der Waals surface area contributed by atoms with Gasteiger partial charge in [-0.15, -0.1) is 24.0 Å². The van der Waals surface area contributed by atoms with E-state index < -0.39 is 10.0 Å². The first-order valence-electron chi connectivity index (χ1n) is 8.93. The zero-order valence-electron chi connectivity index (χ0n) is 16.9. The number of hydrogen-bond donors (Lipinski definition) is 3. The van der Waals surface area contributed by atoms with Crippen LogP contribution in [-0.2, 0) is 21.4 Å². The van der Waals surface area contributed by atoms with Gasteiger partial charge >= 0.3 is 0 Å². The molecule has 4 N–H and O–H groups in total. The predicted molar refractivity (Wildman–Crippen MR) is 123 cm³/mol. The number of amides is 1. The Kier molecular flexibility index (Phi) is 12.3. The second kappa shape index (κ2) is 12.9. The first-order valence-corrected chi connectivity index (χ1v) is 10.5. The molecule has 0 aliphatic heterocycles. The Labute approximate surface area is 185 Å². The second-order valence-corrected chi connectivity index (χ2v) is 8.52. The maximum Gasteiger partial charge on any atom is 0.241 e. The zero-order chi connectivity index (χ0) is 20.4. The molecule has 8 nitrogen and oxygen atoms in total. The first kappa shape index (κ1) is 26.6. The fourth-order valence-electron chi connectivity index (χ4n) is 2.16. The number of hydrogen-bond acceptors (Lipinski definition) is 4. The molecule has 0 aliphatic rings. The SMILES string of the molecule is CC(C)CCCNC(=NCc1ccc(S(N)(=O)=O)cc1)NCC(=O)N(C)C.I. The van der Waals surface area contributed by atoms with Crippen molar-refractivity contribution in [1.29, 1.82) is 0 Å². The molecule has 0 aliphatic carbocycles. The smallest absolute Gasteiger partial charge is 0.241 e. The number of sulfonamides is 1. The van der Waals surface area contributed by atoms with Gasteiger partial charge in [0.1, 0.15) is 0 Å². The maximum absolute atomic E-state index is 11.8. The van der Waals surface area contributed by atoms with Crippen molar-refractivity contribution >= 4 is 45.9 Å². The van der Waals surface area contributed by atoms with Crippen LogP contribution in [0.1, 0.15) is 32.3 Å². The Morgan fingerprint density at radius 1 is 1.18 bits per heavy atom. The minimum atomic E-state index is -3.70. The predicted octanol–water partition coefficient (Wildman–Crippen LogP) is 1.51. The number of benzene rings is 1. The van der Waals surface area contributed by atoms with Gasteiger partial charge in [0.15, 0.2) is 5.96 Å². The number of nitrogens with two attached hydrogens (primary N) is 1. The molecule has 28 heavy (non-hydrogen) atoms. The van der Waals surface area contributed by atoms with Crippen LogP contribution in [0.4, 0.5) is 0 Å². The van der Waals surface area contributed by atoms with Crippen LogP contribution in [-0.4, -0.2) is 52.4 Å². The molecule has 1 amide bonds. The molecule has 0 saturated heterocycles. The van der Waals surface area contributed by atoms with Crippen LogP contribution in [0.15, 0.2) is 34.2 Å². The number of nitrogens with zero attached hydrogens (tertiary/aromatic N) is 2. The Balaban J connectivity index is 0.00000729. The average Bonchev–Trinajstić information content (AvgIpc) is 2.59. The Morgan fingerprint density at radius 3 is 2.29 bits per heavy atom. The van der Waals surface area contributed by atoms with E-state index >= 15 is 0 Å². The van der Waals surface area contributed by atoms with E-state index in [-0.39, 0.29) is 41.3 Å². The van der Waals surface area contributed by atoms with Crippen molar-refractivity contribution in [2.24, 2.45) is 16.0 Å². The fraction of sp³-hybridized carbons (Fsp3) is 0.556. The molecule has 160 valence electrons. The van der Waals surface area contributed by atoms with Crippen molar-refractivity contribution in [1.82, 2.24) is 15.5 Å². The minimum Gasteiger partial charge on any atom is -0.356 e. The molecule has 1 aromatic carbocycles. The van der Waals surface area contributed by atoms with Gasteiger partial charge in [-0.25, -0.2) is 18.5 Å². The lowest BCUT2D eigenvalue weighted by molar-refractivity contribution is -0.127. The highest BCUT2D eigenvalue weighted by Gasteiger charge is 2.08. The normalized spacial score (nSPS) is 11.7. The summed E-state index contributed by atoms with van der Waals surface area (Å²) < 4.78 is 22.6. The van der Waals surface area contributed by atoms with Crippen LogP contribution < -0.4 is 15.8 Å². The van der Waals surface area contributed by atoms with Gasteiger partial charge in [-0.05, 0) is 36.5 Å². The van der Waals surface area contributed by atoms with Gasteiger partial charge < -0.3 is 15.5 Å². The molecule has 1 aromatic rings. The number of nitrogens with one attached hydrogen (secondary N) is 2. The summed E-state index contributed by atoms with van der Waals surface area (Å²) in [6.45, 7) is 5.60. The molecule has 1 rings (SSSR count). The van der Waals surface area contributed by atoms with Gasteiger partial charge in [-0.1, -0.05) is 26.0 Å². The number of rotatable bonds is 9. The summed E-state index contributed by atoms with van der Waals surface area (Å²) in [7, 11) is -0.305. The minimum absolute atomic E-state index is 0. The first-order chi connectivity index (χ1) is 12.6. The standard InChI is InChI=1S/C18H31N5O3S.HI/c1-14(2)6-5-11-20-18(22-13-17(24)23(3)4)21-12-15-7-9-16(10-8-15)27(19,25)26;/h7-10,14H,5-6,11-13H2,1-4H3,(H2,19,25,26)(H2,20,21,22);1H. The van der Waals surface area contributed by atoms with E-state index in [4.69, 9.17) is 5.14 Å². The number of aliphatic imine (C=N–C) groups is 1. The molecule has 0 spiro atoms. The third-order valence-corrected chi connectivity index (χ3v) is 4.76. The van der Waals surface area contributed by atoms with Gasteiger partial charge in [-0.3, -0.25) is 4.79 Å². The number of carbonyl (C=O) groups is 1. The largest absolute Gasteiger partial charge is 0.356 e. The van der Waals surface area contributed by atoms with Gasteiger partial charge in [0.05, 0.1) is 18.0 Å². The zero-order valence-corrected chi connectivity index (χ0v) is 20.1. The Hall–Kier alpha value is -1.40. The number of likely N-dealkylation sites (N-methyl/N-ethyl adjacent to an activating group) is 1. The van der Waals surface area contributed by atoms with Crippen molar-refractivity contribution < 1.29 is 13.2 Å². The molecule has 0 aromatic heterocycles. The molecule has 0 atom stereocenters. The molecule has 0 saturated carbocycles. The summed E-state index contributed by atoms with van der Waals surface area (Å²) in [6, 6.07) is 6.26.